The Morgan fingerprint density at radius 1 is 1.57 bits per heavy atom. The number of carbonyl (C=O) groups is 1. The number of ether oxygens (including phenoxy) is 2. The Bertz CT molecular complexity index is 262. The van der Waals surface area contributed by atoms with Crippen LogP contribution in [0.5, 0.6) is 0 Å². The second-order valence-corrected chi connectivity index (χ2v) is 3.54. The maximum absolute atomic E-state index is 11.3. The molecule has 1 N–H and O–H groups in total. The predicted octanol–water partition coefficient (Wildman–Crippen LogP) is 0.822. The summed E-state index contributed by atoms with van der Waals surface area (Å²) in [4.78, 5) is 11.3. The Labute approximate surface area is 87.4 Å². The molecule has 14 heavy (non-hydrogen) atoms. The van der Waals surface area contributed by atoms with Crippen LogP contribution in [0.15, 0.2) is 10.6 Å². The van der Waals surface area contributed by atoms with Crippen LogP contribution in [-0.2, 0) is 14.3 Å². The van der Waals surface area contributed by atoms with Crippen molar-refractivity contribution >= 4 is 17.6 Å². The fourth-order valence-corrected chi connectivity index (χ4v) is 1.80. The number of carbonyl (C=O) groups excluding carboxylic acids is 1. The number of aliphatic hydroxyl groups excluding tert-OH is 1. The lowest BCUT2D eigenvalue weighted by atomic mass is 9.94. The third-order valence-electron chi connectivity index (χ3n) is 2.21. The second kappa shape index (κ2) is 4.77. The zero-order chi connectivity index (χ0) is 10.7. The average Bonchev–Trinajstić information content (AvgIpc) is 2.19. The van der Waals surface area contributed by atoms with Gasteiger partial charge in [-0.1, -0.05) is 11.6 Å². The van der Waals surface area contributed by atoms with Crippen molar-refractivity contribution in [3.05, 3.63) is 10.6 Å². The lowest BCUT2D eigenvalue weighted by molar-refractivity contribution is -0.137. The zero-order valence-corrected chi connectivity index (χ0v) is 8.87. The molecule has 0 spiro atoms. The van der Waals surface area contributed by atoms with Crippen LogP contribution in [0.4, 0.5) is 0 Å². The Balaban J connectivity index is 2.93. The van der Waals surface area contributed by atoms with E-state index in [4.69, 9.17) is 16.3 Å². The first-order chi connectivity index (χ1) is 6.60. The summed E-state index contributed by atoms with van der Waals surface area (Å²) < 4.78 is 9.59. The van der Waals surface area contributed by atoms with E-state index in [-0.39, 0.29) is 6.42 Å². The molecule has 2 unspecified atom stereocenters. The number of esters is 1. The molecule has 0 bridgehead atoms. The van der Waals surface area contributed by atoms with Crippen LogP contribution in [0.1, 0.15) is 12.8 Å². The van der Waals surface area contributed by atoms with Crippen molar-refractivity contribution in [1.82, 2.24) is 0 Å². The van der Waals surface area contributed by atoms with E-state index in [0.717, 1.165) is 0 Å². The van der Waals surface area contributed by atoms with E-state index in [9.17, 15) is 9.90 Å². The van der Waals surface area contributed by atoms with E-state index in [1.54, 1.807) is 0 Å². The van der Waals surface area contributed by atoms with Crippen molar-refractivity contribution in [2.24, 2.45) is 0 Å². The van der Waals surface area contributed by atoms with Gasteiger partial charge in [0.1, 0.15) is 0 Å². The second-order valence-electron chi connectivity index (χ2n) is 3.14. The van der Waals surface area contributed by atoms with Crippen LogP contribution in [-0.4, -0.2) is 37.5 Å². The minimum absolute atomic E-state index is 0.228. The molecule has 0 amide bonds. The molecule has 5 heteroatoms. The SMILES string of the molecule is COC(=O)C1=C(Cl)C(OC)CC(O)C1. The molecule has 1 aliphatic rings. The van der Waals surface area contributed by atoms with E-state index < -0.39 is 18.2 Å². The molecule has 0 aromatic heterocycles. The van der Waals surface area contributed by atoms with E-state index in [1.165, 1.54) is 14.2 Å². The van der Waals surface area contributed by atoms with Crippen molar-refractivity contribution in [3.8, 4) is 0 Å². The van der Waals surface area contributed by atoms with Crippen molar-refractivity contribution in [2.75, 3.05) is 14.2 Å². The highest BCUT2D eigenvalue weighted by atomic mass is 35.5. The summed E-state index contributed by atoms with van der Waals surface area (Å²) in [5, 5.41) is 9.80. The van der Waals surface area contributed by atoms with Crippen LogP contribution in [0, 0.1) is 0 Å². The molecule has 1 rings (SSSR count). The fourth-order valence-electron chi connectivity index (χ4n) is 1.47. The first-order valence-electron chi connectivity index (χ1n) is 4.27. The van der Waals surface area contributed by atoms with Gasteiger partial charge in [-0.25, -0.2) is 4.79 Å². The number of aliphatic hydroxyl groups is 1. The molecule has 0 aromatic rings. The predicted molar refractivity (Wildman–Crippen MR) is 50.9 cm³/mol. The molecular formula is C9H13ClO4. The van der Waals surface area contributed by atoms with Gasteiger partial charge in [0.15, 0.2) is 0 Å². The molecule has 0 saturated heterocycles. The molecule has 0 aliphatic heterocycles. The number of hydrogen-bond acceptors (Lipinski definition) is 4. The van der Waals surface area contributed by atoms with Crippen molar-refractivity contribution in [1.29, 1.82) is 0 Å². The van der Waals surface area contributed by atoms with E-state index >= 15 is 0 Å². The molecule has 0 fully saturated rings. The smallest absolute Gasteiger partial charge is 0.335 e. The molecule has 0 saturated carbocycles. The maximum Gasteiger partial charge on any atom is 0.335 e. The Hall–Kier alpha value is -0.580. The van der Waals surface area contributed by atoms with Crippen molar-refractivity contribution < 1.29 is 19.4 Å². The van der Waals surface area contributed by atoms with Gasteiger partial charge in [-0.3, -0.25) is 0 Å². The summed E-state index contributed by atoms with van der Waals surface area (Å²) in [7, 11) is 2.77. The standard InChI is InChI=1S/C9H13ClO4/c1-13-7-4-5(11)3-6(8(7)10)9(12)14-2/h5,7,11H,3-4H2,1-2H3. The highest BCUT2D eigenvalue weighted by molar-refractivity contribution is 6.32. The van der Waals surface area contributed by atoms with Gasteiger partial charge in [0.2, 0.25) is 0 Å². The van der Waals surface area contributed by atoms with Gasteiger partial charge < -0.3 is 14.6 Å². The zero-order valence-electron chi connectivity index (χ0n) is 8.12. The van der Waals surface area contributed by atoms with Crippen molar-refractivity contribution in [3.63, 3.8) is 0 Å². The highest BCUT2D eigenvalue weighted by Gasteiger charge is 2.30. The summed E-state index contributed by atoms with van der Waals surface area (Å²) >= 11 is 5.93. The van der Waals surface area contributed by atoms with Crippen LogP contribution in [0.25, 0.3) is 0 Å². The lowest BCUT2D eigenvalue weighted by Crippen LogP contribution is -2.29. The lowest BCUT2D eigenvalue weighted by Gasteiger charge is -2.26. The maximum atomic E-state index is 11.3. The van der Waals surface area contributed by atoms with Gasteiger partial charge in [-0.2, -0.15) is 0 Å². The molecular weight excluding hydrogens is 208 g/mol. The fraction of sp³-hybridized carbons (Fsp3) is 0.667. The van der Waals surface area contributed by atoms with Crippen molar-refractivity contribution in [2.45, 2.75) is 25.0 Å². The first-order valence-corrected chi connectivity index (χ1v) is 4.65. The number of methoxy groups -OCH3 is 2. The molecule has 1 aliphatic carbocycles. The van der Waals surface area contributed by atoms with E-state index in [0.29, 0.717) is 17.0 Å². The number of hydrogen-bond donors (Lipinski definition) is 1. The van der Waals surface area contributed by atoms with Crippen LogP contribution >= 0.6 is 11.6 Å². The minimum atomic E-state index is -0.600. The van der Waals surface area contributed by atoms with Crippen LogP contribution in [0.3, 0.4) is 0 Å². The Morgan fingerprint density at radius 2 is 2.21 bits per heavy atom. The summed E-state index contributed by atoms with van der Waals surface area (Å²) in [6, 6.07) is 0. The quantitative estimate of drug-likeness (QED) is 0.701. The third-order valence-corrected chi connectivity index (χ3v) is 2.68. The van der Waals surface area contributed by atoms with Gasteiger partial charge in [0, 0.05) is 20.0 Å². The average molecular weight is 221 g/mol. The van der Waals surface area contributed by atoms with Gasteiger partial charge in [-0.05, 0) is 0 Å². The highest BCUT2D eigenvalue weighted by Crippen LogP contribution is 2.30. The van der Waals surface area contributed by atoms with E-state index in [2.05, 4.69) is 4.74 Å². The summed E-state index contributed by atoms with van der Waals surface area (Å²) in [6.07, 6.45) is -0.368. The number of halogens is 1. The Morgan fingerprint density at radius 3 is 2.71 bits per heavy atom. The molecule has 80 valence electrons. The Kier molecular flexibility index (Phi) is 3.92. The summed E-state index contributed by atoms with van der Waals surface area (Å²) in [6.45, 7) is 0. The summed E-state index contributed by atoms with van der Waals surface area (Å²) in [5.41, 5.74) is 0.305. The number of rotatable bonds is 2. The molecule has 2 atom stereocenters. The van der Waals surface area contributed by atoms with Crippen LogP contribution in [0.2, 0.25) is 0 Å². The monoisotopic (exact) mass is 220 g/mol. The van der Waals surface area contributed by atoms with Gasteiger partial charge >= 0.3 is 5.97 Å². The largest absolute Gasteiger partial charge is 0.466 e. The minimum Gasteiger partial charge on any atom is -0.466 e. The topological polar surface area (TPSA) is 55.8 Å². The van der Waals surface area contributed by atoms with Gasteiger partial charge in [0.05, 0.1) is 29.9 Å². The van der Waals surface area contributed by atoms with Gasteiger partial charge in [0.25, 0.3) is 0 Å². The molecule has 0 radical (unpaired) electrons. The van der Waals surface area contributed by atoms with Crippen LogP contribution < -0.4 is 0 Å². The van der Waals surface area contributed by atoms with Gasteiger partial charge in [-0.15, -0.1) is 0 Å². The molecule has 4 nitrogen and oxygen atoms in total. The normalized spacial score (nSPS) is 27.7. The molecule has 0 heterocycles. The van der Waals surface area contributed by atoms with E-state index in [1.807, 2.05) is 0 Å². The molecule has 0 aromatic carbocycles. The third kappa shape index (κ3) is 2.26. The first kappa shape index (κ1) is 11.5. The summed E-state index contributed by atoms with van der Waals surface area (Å²) in [5.74, 6) is -0.504.